The Kier molecular flexibility index (Phi) is 4.64. The van der Waals surface area contributed by atoms with Crippen LogP contribution in [0.1, 0.15) is 5.56 Å². The fourth-order valence-electron chi connectivity index (χ4n) is 1.56. The summed E-state index contributed by atoms with van der Waals surface area (Å²) < 4.78 is 39.9. The van der Waals surface area contributed by atoms with Gasteiger partial charge in [0.25, 0.3) is 10.0 Å². The van der Waals surface area contributed by atoms with Crippen LogP contribution in [-0.4, -0.2) is 15.5 Å². The molecule has 108 valence electrons. The van der Waals surface area contributed by atoms with Crippen molar-refractivity contribution in [3.8, 4) is 0 Å². The van der Waals surface area contributed by atoms with Crippen LogP contribution in [0.15, 0.2) is 33.9 Å². The minimum absolute atomic E-state index is 0.0234. The maximum Gasteiger partial charge on any atom is 0.271 e. The van der Waals surface area contributed by atoms with Crippen molar-refractivity contribution in [1.82, 2.24) is 5.32 Å². The van der Waals surface area contributed by atoms with Gasteiger partial charge in [0.2, 0.25) is 0 Å². The summed E-state index contributed by atoms with van der Waals surface area (Å²) in [4.78, 5) is 0. The van der Waals surface area contributed by atoms with E-state index in [1.165, 1.54) is 6.07 Å². The molecule has 2 rings (SSSR count). The average molecular weight is 335 g/mol. The number of hydrogen-bond acceptors (Lipinski definition) is 4. The maximum atomic E-state index is 13.1. The van der Waals surface area contributed by atoms with E-state index in [0.717, 1.165) is 29.0 Å². The first-order valence-corrected chi connectivity index (χ1v) is 8.36. The summed E-state index contributed by atoms with van der Waals surface area (Å²) in [6, 6.07) is 5.07. The van der Waals surface area contributed by atoms with Crippen LogP contribution in [0.3, 0.4) is 0 Å². The van der Waals surface area contributed by atoms with E-state index in [-0.39, 0.29) is 14.9 Å². The second-order valence-electron chi connectivity index (χ2n) is 4.03. The Balaban J connectivity index is 2.28. The Bertz CT molecular complexity index is 716. The minimum atomic E-state index is -3.76. The molecule has 0 spiro atoms. The van der Waals surface area contributed by atoms with Crippen molar-refractivity contribution in [2.45, 2.75) is 10.8 Å². The smallest absolute Gasteiger partial charge is 0.271 e. The third-order valence-electron chi connectivity index (χ3n) is 2.45. The molecule has 0 aliphatic heterocycles. The highest BCUT2D eigenvalue weighted by atomic mass is 35.5. The van der Waals surface area contributed by atoms with Crippen molar-refractivity contribution in [1.29, 1.82) is 0 Å². The van der Waals surface area contributed by atoms with Crippen LogP contribution in [0, 0.1) is 5.82 Å². The lowest BCUT2D eigenvalue weighted by molar-refractivity contribution is 0.603. The molecule has 0 bridgehead atoms. The van der Waals surface area contributed by atoms with Crippen LogP contribution in [0.2, 0.25) is 5.02 Å². The van der Waals surface area contributed by atoms with Gasteiger partial charge in [-0.3, -0.25) is 4.72 Å². The first-order valence-electron chi connectivity index (χ1n) is 5.62. The van der Waals surface area contributed by atoms with Crippen LogP contribution >= 0.6 is 22.9 Å². The maximum absolute atomic E-state index is 13.1. The van der Waals surface area contributed by atoms with Gasteiger partial charge in [-0.2, -0.15) is 0 Å². The lowest BCUT2D eigenvalue weighted by Crippen LogP contribution is -2.12. The third-order valence-corrected chi connectivity index (χ3v) is 5.63. The van der Waals surface area contributed by atoms with Gasteiger partial charge >= 0.3 is 0 Å². The summed E-state index contributed by atoms with van der Waals surface area (Å²) in [5.41, 5.74) is 0.887. The van der Waals surface area contributed by atoms with E-state index in [4.69, 9.17) is 11.6 Å². The Labute approximate surface area is 125 Å². The molecule has 0 fully saturated rings. The molecule has 2 N–H and O–H groups in total. The van der Waals surface area contributed by atoms with Crippen LogP contribution < -0.4 is 10.0 Å². The summed E-state index contributed by atoms with van der Waals surface area (Å²) >= 11 is 6.94. The molecule has 1 aromatic heterocycles. The van der Waals surface area contributed by atoms with E-state index in [1.807, 2.05) is 0 Å². The second-order valence-corrected chi connectivity index (χ2v) is 7.26. The molecule has 0 saturated carbocycles. The van der Waals surface area contributed by atoms with E-state index in [0.29, 0.717) is 6.54 Å². The number of anilines is 1. The Hall–Kier alpha value is -1.15. The first kappa shape index (κ1) is 15.2. The molecule has 0 radical (unpaired) electrons. The SMILES string of the molecule is CNCc1csc(S(=O)(=O)Nc2cc(F)ccc2Cl)c1. The van der Waals surface area contributed by atoms with Gasteiger partial charge < -0.3 is 5.32 Å². The largest absolute Gasteiger partial charge is 0.316 e. The molecule has 0 atom stereocenters. The monoisotopic (exact) mass is 334 g/mol. The molecule has 8 heteroatoms. The highest BCUT2D eigenvalue weighted by Crippen LogP contribution is 2.27. The van der Waals surface area contributed by atoms with Crippen molar-refractivity contribution in [2.24, 2.45) is 0 Å². The van der Waals surface area contributed by atoms with Crippen molar-refractivity contribution in [2.75, 3.05) is 11.8 Å². The van der Waals surface area contributed by atoms with Crippen LogP contribution in [0.25, 0.3) is 0 Å². The third kappa shape index (κ3) is 3.49. The van der Waals surface area contributed by atoms with E-state index in [2.05, 4.69) is 10.0 Å². The lowest BCUT2D eigenvalue weighted by Gasteiger charge is -2.08. The Morgan fingerprint density at radius 2 is 2.10 bits per heavy atom. The molecule has 2 aromatic rings. The number of nitrogens with one attached hydrogen (secondary N) is 2. The molecule has 0 unspecified atom stereocenters. The van der Waals surface area contributed by atoms with E-state index in [1.54, 1.807) is 18.5 Å². The number of thiophene rings is 1. The summed E-state index contributed by atoms with van der Waals surface area (Å²) in [6.45, 7) is 0.576. The predicted octanol–water partition coefficient (Wildman–Crippen LogP) is 3.06. The normalized spacial score (nSPS) is 11.6. The fourth-order valence-corrected chi connectivity index (χ4v) is 4.06. The fraction of sp³-hybridized carbons (Fsp3) is 0.167. The van der Waals surface area contributed by atoms with Gasteiger partial charge in [-0.05, 0) is 42.3 Å². The highest BCUT2D eigenvalue weighted by molar-refractivity contribution is 7.94. The number of sulfonamides is 1. The average Bonchev–Trinajstić information content (AvgIpc) is 2.83. The van der Waals surface area contributed by atoms with Crippen molar-refractivity contribution >= 4 is 38.6 Å². The molecule has 4 nitrogen and oxygen atoms in total. The standard InChI is InChI=1S/C12H12ClFN2O2S2/c1-15-6-8-4-12(19-7-8)20(17,18)16-11-5-9(14)2-3-10(11)13/h2-5,7,15-16H,6H2,1H3. The van der Waals surface area contributed by atoms with Crippen molar-refractivity contribution < 1.29 is 12.8 Å². The molecular weight excluding hydrogens is 323 g/mol. The summed E-state index contributed by atoms with van der Waals surface area (Å²) in [5, 5.41) is 4.82. The van der Waals surface area contributed by atoms with Gasteiger partial charge in [-0.15, -0.1) is 11.3 Å². The van der Waals surface area contributed by atoms with Crippen molar-refractivity contribution in [3.63, 3.8) is 0 Å². The van der Waals surface area contributed by atoms with Gasteiger partial charge in [0.15, 0.2) is 0 Å². The molecule has 0 aliphatic rings. The van der Waals surface area contributed by atoms with E-state index in [9.17, 15) is 12.8 Å². The molecular formula is C12H12ClFN2O2S2. The molecule has 1 heterocycles. The van der Waals surface area contributed by atoms with Gasteiger partial charge in [0.05, 0.1) is 10.7 Å². The lowest BCUT2D eigenvalue weighted by atomic mass is 10.3. The van der Waals surface area contributed by atoms with E-state index < -0.39 is 15.8 Å². The number of hydrogen-bond donors (Lipinski definition) is 2. The topological polar surface area (TPSA) is 58.2 Å². The summed E-state index contributed by atoms with van der Waals surface area (Å²) in [5.74, 6) is -0.561. The Morgan fingerprint density at radius 3 is 2.80 bits per heavy atom. The molecule has 1 aromatic carbocycles. The van der Waals surface area contributed by atoms with Gasteiger partial charge in [0.1, 0.15) is 10.0 Å². The number of benzene rings is 1. The van der Waals surface area contributed by atoms with Crippen molar-refractivity contribution in [3.05, 3.63) is 46.0 Å². The summed E-state index contributed by atoms with van der Waals surface area (Å²) in [6.07, 6.45) is 0. The zero-order chi connectivity index (χ0) is 14.8. The number of halogens is 2. The first-order chi connectivity index (χ1) is 9.42. The Morgan fingerprint density at radius 1 is 1.35 bits per heavy atom. The highest BCUT2D eigenvalue weighted by Gasteiger charge is 2.18. The van der Waals surface area contributed by atoms with Gasteiger partial charge in [-0.25, -0.2) is 12.8 Å². The quantitative estimate of drug-likeness (QED) is 0.883. The molecule has 0 aliphatic carbocycles. The predicted molar refractivity (Wildman–Crippen MR) is 79.3 cm³/mol. The zero-order valence-corrected chi connectivity index (χ0v) is 12.9. The van der Waals surface area contributed by atoms with Crippen LogP contribution in [0.4, 0.5) is 10.1 Å². The second kappa shape index (κ2) is 6.09. The molecule has 0 amide bonds. The van der Waals surface area contributed by atoms with Crippen LogP contribution in [-0.2, 0) is 16.6 Å². The van der Waals surface area contributed by atoms with Gasteiger partial charge in [-0.1, -0.05) is 11.6 Å². The zero-order valence-electron chi connectivity index (χ0n) is 10.5. The van der Waals surface area contributed by atoms with Crippen LogP contribution in [0.5, 0.6) is 0 Å². The molecule has 20 heavy (non-hydrogen) atoms. The molecule has 0 saturated heterocycles. The van der Waals surface area contributed by atoms with Gasteiger partial charge in [0, 0.05) is 6.54 Å². The minimum Gasteiger partial charge on any atom is -0.316 e. The summed E-state index contributed by atoms with van der Waals surface area (Å²) in [7, 11) is -1.99. The van der Waals surface area contributed by atoms with E-state index >= 15 is 0 Å². The number of rotatable bonds is 5.